The molecule has 74 valence electrons. The smallest absolute Gasteiger partial charge is 0.448 e. The van der Waals surface area contributed by atoms with Gasteiger partial charge in [0.05, 0.1) is 0 Å². The largest absolute Gasteiger partial charge is 0.497 e. The topological polar surface area (TPSA) is 37.4 Å². The van der Waals surface area contributed by atoms with Gasteiger partial charge < -0.3 is 17.8 Å². The minimum atomic E-state index is -5.10. The van der Waals surface area contributed by atoms with Crippen molar-refractivity contribution in [2.24, 2.45) is 0 Å². The van der Waals surface area contributed by atoms with Gasteiger partial charge in [0.25, 0.3) is 0 Å². The van der Waals surface area contributed by atoms with E-state index in [9.17, 15) is 22.5 Å². The van der Waals surface area contributed by atoms with Crippen molar-refractivity contribution in [2.45, 2.75) is 19.3 Å². The van der Waals surface area contributed by atoms with Crippen molar-refractivity contribution in [1.82, 2.24) is 4.90 Å². The van der Waals surface area contributed by atoms with Gasteiger partial charge in [-0.25, -0.2) is 0 Å². The number of imide groups is 1. The zero-order valence-corrected chi connectivity index (χ0v) is 6.80. The lowest BCUT2D eigenvalue weighted by atomic mass is 9.90. The Balaban J connectivity index is 2.65. The summed E-state index contributed by atoms with van der Waals surface area (Å²) in [4.78, 5) is 22.1. The van der Waals surface area contributed by atoms with E-state index in [2.05, 4.69) is 0 Å². The van der Waals surface area contributed by atoms with Crippen LogP contribution in [-0.4, -0.2) is 30.1 Å². The molecule has 0 atom stereocenters. The molecule has 2 amide bonds. The summed E-state index contributed by atoms with van der Waals surface area (Å²) >= 11 is 0. The predicted molar refractivity (Wildman–Crippen MR) is 39.6 cm³/mol. The first-order valence-electron chi connectivity index (χ1n) is 3.94. The molecule has 1 saturated heterocycles. The summed E-state index contributed by atoms with van der Waals surface area (Å²) in [6.07, 6.45) is -0.952. The Hall–Kier alpha value is -1.01. The third kappa shape index (κ3) is 2.75. The van der Waals surface area contributed by atoms with Crippen LogP contribution in [0.1, 0.15) is 19.3 Å². The molecule has 1 aliphatic heterocycles. The van der Waals surface area contributed by atoms with Gasteiger partial charge in [0, 0.05) is 12.8 Å². The van der Waals surface area contributed by atoms with E-state index in [0.29, 0.717) is 11.3 Å². The summed E-state index contributed by atoms with van der Waals surface area (Å²) in [6.45, 7) is -5.10. The number of hydrogen-bond acceptors (Lipinski definition) is 2. The highest BCUT2D eigenvalue weighted by molar-refractivity contribution is 6.59. The first-order chi connectivity index (χ1) is 5.90. The van der Waals surface area contributed by atoms with E-state index >= 15 is 0 Å². The highest BCUT2D eigenvalue weighted by Gasteiger charge is 2.34. The van der Waals surface area contributed by atoms with Crippen LogP contribution in [0.4, 0.5) is 12.9 Å². The minimum absolute atomic E-state index is 0.0396. The molecular formula is C6H8BF3NO2-. The van der Waals surface area contributed by atoms with Crippen molar-refractivity contribution in [3.63, 3.8) is 0 Å². The second-order valence-electron chi connectivity index (χ2n) is 2.96. The van der Waals surface area contributed by atoms with Crippen LogP contribution in [0.15, 0.2) is 0 Å². The van der Waals surface area contributed by atoms with E-state index in [1.165, 1.54) is 0 Å². The number of nitrogens with zero attached hydrogens (tertiary/aromatic N) is 1. The minimum Gasteiger partial charge on any atom is -0.448 e. The van der Waals surface area contributed by atoms with Crippen LogP contribution in [0.3, 0.4) is 0 Å². The number of likely N-dealkylation sites (tertiary alicyclic amines) is 1. The van der Waals surface area contributed by atoms with E-state index in [0.717, 1.165) is 0 Å². The van der Waals surface area contributed by atoms with Gasteiger partial charge in [0.1, 0.15) is 0 Å². The van der Waals surface area contributed by atoms with Gasteiger partial charge in [0.2, 0.25) is 11.8 Å². The van der Waals surface area contributed by atoms with Gasteiger partial charge in [-0.05, 0) is 12.9 Å². The van der Waals surface area contributed by atoms with Crippen LogP contribution in [0.5, 0.6) is 0 Å². The molecule has 0 aromatic heterocycles. The summed E-state index contributed by atoms with van der Waals surface area (Å²) in [7, 11) is 0. The molecule has 1 aliphatic rings. The summed E-state index contributed by atoms with van der Waals surface area (Å²) in [6, 6.07) is 0. The number of carbonyl (C=O) groups is 2. The molecule has 0 N–H and O–H groups in total. The standard InChI is InChI=1S/C6H8BF3NO2/c8-7(9,10)4-11-5(12)2-1-3-6(11)13/h1-4H2/q-1. The second kappa shape index (κ2) is 3.39. The van der Waals surface area contributed by atoms with Crippen LogP contribution < -0.4 is 0 Å². The van der Waals surface area contributed by atoms with E-state index in [-0.39, 0.29) is 12.8 Å². The molecule has 13 heavy (non-hydrogen) atoms. The first kappa shape index (κ1) is 10.1. The molecule has 0 unspecified atom stereocenters. The summed E-state index contributed by atoms with van der Waals surface area (Å²) in [5.41, 5.74) is 0. The molecule has 0 bridgehead atoms. The molecule has 0 aromatic carbocycles. The Morgan fingerprint density at radius 3 is 2.00 bits per heavy atom. The second-order valence-corrected chi connectivity index (χ2v) is 2.96. The average molecular weight is 194 g/mol. The number of hydrogen-bond donors (Lipinski definition) is 0. The Morgan fingerprint density at radius 2 is 1.62 bits per heavy atom. The van der Waals surface area contributed by atoms with Crippen LogP contribution in [0.25, 0.3) is 0 Å². The maximum absolute atomic E-state index is 11.9. The molecule has 0 saturated carbocycles. The Kier molecular flexibility index (Phi) is 2.63. The van der Waals surface area contributed by atoms with E-state index < -0.39 is 25.2 Å². The van der Waals surface area contributed by atoms with Crippen LogP contribution in [0, 0.1) is 0 Å². The lowest BCUT2D eigenvalue weighted by Gasteiger charge is -2.29. The van der Waals surface area contributed by atoms with E-state index in [4.69, 9.17) is 0 Å². The van der Waals surface area contributed by atoms with Gasteiger partial charge >= 0.3 is 6.98 Å². The number of halogens is 3. The molecule has 1 fully saturated rings. The van der Waals surface area contributed by atoms with Crippen molar-refractivity contribution in [3.05, 3.63) is 0 Å². The van der Waals surface area contributed by atoms with Gasteiger partial charge in [-0.2, -0.15) is 0 Å². The molecule has 0 aliphatic carbocycles. The fourth-order valence-corrected chi connectivity index (χ4v) is 1.21. The Bertz CT molecular complexity index is 225. The summed E-state index contributed by atoms with van der Waals surface area (Å²) in [5.74, 6) is -1.43. The molecule has 0 spiro atoms. The third-order valence-corrected chi connectivity index (χ3v) is 1.77. The quantitative estimate of drug-likeness (QED) is 0.483. The van der Waals surface area contributed by atoms with Gasteiger partial charge in [0.15, 0.2) is 0 Å². The van der Waals surface area contributed by atoms with E-state index in [1.807, 2.05) is 0 Å². The zero-order valence-electron chi connectivity index (χ0n) is 6.80. The fourth-order valence-electron chi connectivity index (χ4n) is 1.21. The van der Waals surface area contributed by atoms with Crippen LogP contribution >= 0.6 is 0 Å². The van der Waals surface area contributed by atoms with Gasteiger partial charge in [-0.3, -0.25) is 9.59 Å². The molecule has 3 nitrogen and oxygen atoms in total. The number of amides is 2. The molecular weight excluding hydrogens is 186 g/mol. The monoisotopic (exact) mass is 194 g/mol. The number of piperidine rings is 1. The molecule has 0 aromatic rings. The molecule has 7 heteroatoms. The predicted octanol–water partition coefficient (Wildman–Crippen LogP) is 0.912. The lowest BCUT2D eigenvalue weighted by molar-refractivity contribution is -0.147. The lowest BCUT2D eigenvalue weighted by Crippen LogP contribution is -2.47. The highest BCUT2D eigenvalue weighted by atomic mass is 19.4. The Labute approximate surface area is 72.9 Å². The van der Waals surface area contributed by atoms with E-state index in [1.54, 1.807) is 0 Å². The van der Waals surface area contributed by atoms with Gasteiger partial charge in [-0.1, -0.05) is 0 Å². The van der Waals surface area contributed by atoms with Crippen molar-refractivity contribution < 1.29 is 22.5 Å². The highest BCUT2D eigenvalue weighted by Crippen LogP contribution is 2.17. The van der Waals surface area contributed by atoms with Crippen LogP contribution in [-0.2, 0) is 9.59 Å². The summed E-state index contributed by atoms with van der Waals surface area (Å²) < 4.78 is 35.7. The molecule has 1 rings (SSSR count). The van der Waals surface area contributed by atoms with Crippen LogP contribution in [0.2, 0.25) is 0 Å². The number of rotatable bonds is 2. The van der Waals surface area contributed by atoms with Crippen molar-refractivity contribution in [1.29, 1.82) is 0 Å². The van der Waals surface area contributed by atoms with Gasteiger partial charge in [-0.15, -0.1) is 0 Å². The van der Waals surface area contributed by atoms with Crippen molar-refractivity contribution in [2.75, 3.05) is 6.44 Å². The van der Waals surface area contributed by atoms with Crippen molar-refractivity contribution >= 4 is 18.8 Å². The summed E-state index contributed by atoms with van der Waals surface area (Å²) in [5, 5.41) is 0. The fraction of sp³-hybridized carbons (Fsp3) is 0.667. The zero-order chi connectivity index (χ0) is 10.1. The maximum atomic E-state index is 11.9. The normalized spacial score (nSPS) is 19.5. The third-order valence-electron chi connectivity index (χ3n) is 1.77. The SMILES string of the molecule is O=C1CCCC(=O)N1C[B-](F)(F)F. The first-order valence-corrected chi connectivity index (χ1v) is 3.94. The van der Waals surface area contributed by atoms with Crippen molar-refractivity contribution in [3.8, 4) is 0 Å². The Morgan fingerprint density at radius 1 is 1.15 bits per heavy atom. The average Bonchev–Trinajstić information content (AvgIpc) is 1.95. The maximum Gasteiger partial charge on any atom is 0.497 e. The molecule has 1 heterocycles. The molecule has 0 radical (unpaired) electrons. The number of carbonyl (C=O) groups excluding carboxylic acids is 2.